The highest BCUT2D eigenvalue weighted by Crippen LogP contribution is 2.37. The van der Waals surface area contributed by atoms with Crippen LogP contribution in [-0.4, -0.2) is 35.2 Å². The van der Waals surface area contributed by atoms with Gasteiger partial charge in [-0.25, -0.2) is 0 Å². The van der Waals surface area contributed by atoms with Gasteiger partial charge in [0.05, 0.1) is 11.8 Å². The first kappa shape index (κ1) is 19.7. The van der Waals surface area contributed by atoms with Crippen LogP contribution in [0.2, 0.25) is 0 Å². The average Bonchev–Trinajstić information content (AvgIpc) is 2.81. The molecule has 1 heterocycles. The highest BCUT2D eigenvalue weighted by Gasteiger charge is 2.51. The third-order valence-electron chi connectivity index (χ3n) is 5.11. The summed E-state index contributed by atoms with van der Waals surface area (Å²) in [5.41, 5.74) is 0. The third kappa shape index (κ3) is 4.71. The van der Waals surface area contributed by atoms with Crippen molar-refractivity contribution in [2.45, 2.75) is 65.8 Å². The van der Waals surface area contributed by atoms with E-state index in [4.69, 9.17) is 0 Å². The molecular weight excluding hydrogens is 316 g/mol. The van der Waals surface area contributed by atoms with Gasteiger partial charge < -0.3 is 5.32 Å². The summed E-state index contributed by atoms with van der Waals surface area (Å²) in [6.07, 6.45) is 7.63. The molecule has 1 aliphatic carbocycles. The Morgan fingerprint density at radius 3 is 2.12 bits per heavy atom. The van der Waals surface area contributed by atoms with Gasteiger partial charge in [0.15, 0.2) is 0 Å². The Morgan fingerprint density at radius 1 is 1.08 bits per heavy atom. The largest absolute Gasteiger partial charge is 0.354 e. The minimum Gasteiger partial charge on any atom is -0.354 e. The van der Waals surface area contributed by atoms with E-state index >= 15 is 0 Å². The fraction of sp³-hybridized carbons (Fsp3) is 0.750. The molecule has 0 unspecified atom stereocenters. The van der Waals surface area contributed by atoms with E-state index in [0.717, 1.165) is 12.8 Å². The van der Waals surface area contributed by atoms with Crippen molar-refractivity contribution in [3.05, 3.63) is 12.2 Å². The lowest BCUT2D eigenvalue weighted by molar-refractivity contribution is -0.148. The topological polar surface area (TPSA) is 66.5 Å². The van der Waals surface area contributed by atoms with E-state index in [9.17, 15) is 14.4 Å². The number of hydrogen-bond acceptors (Lipinski definition) is 3. The second kappa shape index (κ2) is 8.63. The molecule has 0 aromatic rings. The third-order valence-corrected chi connectivity index (χ3v) is 5.11. The van der Waals surface area contributed by atoms with Crippen LogP contribution in [0.15, 0.2) is 12.2 Å². The Morgan fingerprint density at radius 2 is 1.64 bits per heavy atom. The Hall–Kier alpha value is -1.65. The second-order valence-corrected chi connectivity index (χ2v) is 8.17. The molecule has 140 valence electrons. The molecule has 0 bridgehead atoms. The summed E-state index contributed by atoms with van der Waals surface area (Å²) in [7, 11) is 0. The summed E-state index contributed by atoms with van der Waals surface area (Å²) in [5.74, 6) is -0.245. The summed E-state index contributed by atoms with van der Waals surface area (Å²) >= 11 is 0. The molecule has 5 heteroatoms. The highest BCUT2D eigenvalue weighted by atomic mass is 16.2. The molecule has 1 fully saturated rings. The van der Waals surface area contributed by atoms with E-state index in [1.807, 2.05) is 26.0 Å². The van der Waals surface area contributed by atoms with Crippen LogP contribution in [0.4, 0.5) is 0 Å². The maximum Gasteiger partial charge on any atom is 0.243 e. The van der Waals surface area contributed by atoms with Crippen molar-refractivity contribution in [1.82, 2.24) is 10.2 Å². The van der Waals surface area contributed by atoms with Crippen LogP contribution in [0.5, 0.6) is 0 Å². The highest BCUT2D eigenvalue weighted by molar-refractivity contribution is 6.08. The minimum atomic E-state index is -0.676. The van der Waals surface area contributed by atoms with Gasteiger partial charge in [0, 0.05) is 6.54 Å². The van der Waals surface area contributed by atoms with Crippen molar-refractivity contribution in [2.24, 2.45) is 23.7 Å². The SMILES string of the molecule is CC(C)CCCNC(=O)[C@@H](CC(C)C)N1C(=O)[C@H]2CC=CC[C@H]2C1=O. The number of carbonyl (C=O) groups excluding carboxylic acids is 3. The summed E-state index contributed by atoms with van der Waals surface area (Å²) in [4.78, 5) is 39.6. The molecule has 0 saturated carbocycles. The fourth-order valence-electron chi connectivity index (χ4n) is 3.75. The first-order valence-corrected chi connectivity index (χ1v) is 9.62. The zero-order valence-electron chi connectivity index (χ0n) is 16.0. The molecule has 25 heavy (non-hydrogen) atoms. The van der Waals surface area contributed by atoms with Gasteiger partial charge in [0.25, 0.3) is 0 Å². The second-order valence-electron chi connectivity index (χ2n) is 8.17. The van der Waals surface area contributed by atoms with E-state index in [0.29, 0.717) is 31.7 Å². The molecular formula is C20H32N2O3. The standard InChI is InChI=1S/C20H32N2O3/c1-13(2)8-7-11-21-18(23)17(12-14(3)4)22-19(24)15-9-5-6-10-16(15)20(22)25/h5-6,13-17H,7-12H2,1-4H3,(H,21,23)/t15-,16+,17-/m1/s1. The summed E-state index contributed by atoms with van der Waals surface area (Å²) in [5, 5.41) is 2.94. The number of imide groups is 1. The van der Waals surface area contributed by atoms with E-state index < -0.39 is 6.04 Å². The maximum absolute atomic E-state index is 12.8. The molecule has 1 saturated heterocycles. The lowest BCUT2D eigenvalue weighted by Gasteiger charge is -2.27. The van der Waals surface area contributed by atoms with E-state index in [2.05, 4.69) is 19.2 Å². The van der Waals surface area contributed by atoms with Crippen LogP contribution < -0.4 is 5.32 Å². The van der Waals surface area contributed by atoms with Crippen molar-refractivity contribution in [3.63, 3.8) is 0 Å². The Kier molecular flexibility index (Phi) is 6.79. The summed E-state index contributed by atoms with van der Waals surface area (Å²) in [6.45, 7) is 8.93. The van der Waals surface area contributed by atoms with Gasteiger partial charge in [-0.05, 0) is 43.9 Å². The molecule has 1 aliphatic heterocycles. The average molecular weight is 348 g/mol. The van der Waals surface area contributed by atoms with E-state index in [1.165, 1.54) is 4.90 Å². The first-order valence-electron chi connectivity index (χ1n) is 9.62. The van der Waals surface area contributed by atoms with Crippen LogP contribution in [-0.2, 0) is 14.4 Å². The molecule has 0 aromatic heterocycles. The Labute approximate surface area is 151 Å². The summed E-state index contributed by atoms with van der Waals surface area (Å²) < 4.78 is 0. The van der Waals surface area contributed by atoms with Gasteiger partial charge >= 0.3 is 0 Å². The van der Waals surface area contributed by atoms with Crippen molar-refractivity contribution in [3.8, 4) is 0 Å². The van der Waals surface area contributed by atoms with Crippen molar-refractivity contribution in [2.75, 3.05) is 6.54 Å². The zero-order chi connectivity index (χ0) is 18.6. The van der Waals surface area contributed by atoms with Gasteiger partial charge in [0.1, 0.15) is 6.04 Å². The van der Waals surface area contributed by atoms with Gasteiger partial charge in [-0.1, -0.05) is 39.8 Å². The van der Waals surface area contributed by atoms with Gasteiger partial charge in [-0.15, -0.1) is 0 Å². The van der Waals surface area contributed by atoms with Gasteiger partial charge in [0.2, 0.25) is 17.7 Å². The lowest BCUT2D eigenvalue weighted by Crippen LogP contribution is -2.50. The molecule has 1 N–H and O–H groups in total. The quantitative estimate of drug-likeness (QED) is 0.417. The molecule has 0 spiro atoms. The number of allylic oxidation sites excluding steroid dienone is 2. The smallest absolute Gasteiger partial charge is 0.243 e. The van der Waals surface area contributed by atoms with Gasteiger partial charge in [-0.2, -0.15) is 0 Å². The predicted molar refractivity (Wildman–Crippen MR) is 97.5 cm³/mol. The van der Waals surface area contributed by atoms with Crippen molar-refractivity contribution < 1.29 is 14.4 Å². The van der Waals surface area contributed by atoms with Gasteiger partial charge in [-0.3, -0.25) is 19.3 Å². The number of nitrogens with one attached hydrogen (secondary N) is 1. The Bertz CT molecular complexity index is 513. The fourth-order valence-corrected chi connectivity index (χ4v) is 3.75. The number of rotatable bonds is 8. The number of carbonyl (C=O) groups is 3. The predicted octanol–water partition coefficient (Wildman–Crippen LogP) is 2.90. The molecule has 5 nitrogen and oxygen atoms in total. The number of hydrogen-bond donors (Lipinski definition) is 1. The molecule has 2 rings (SSSR count). The van der Waals surface area contributed by atoms with E-state index in [-0.39, 0.29) is 35.5 Å². The summed E-state index contributed by atoms with van der Waals surface area (Å²) in [6, 6.07) is -0.676. The van der Waals surface area contributed by atoms with Crippen LogP contribution in [0.25, 0.3) is 0 Å². The number of likely N-dealkylation sites (tertiary alicyclic amines) is 1. The monoisotopic (exact) mass is 348 g/mol. The first-order chi connectivity index (χ1) is 11.8. The number of nitrogens with zero attached hydrogens (tertiary/aromatic N) is 1. The molecule has 0 aromatic carbocycles. The van der Waals surface area contributed by atoms with E-state index in [1.54, 1.807) is 0 Å². The number of fused-ring (bicyclic) bond motifs is 1. The maximum atomic E-state index is 12.8. The zero-order valence-corrected chi connectivity index (χ0v) is 16.0. The molecule has 3 amide bonds. The molecule has 3 atom stereocenters. The Balaban J connectivity index is 2.07. The van der Waals surface area contributed by atoms with Crippen LogP contribution >= 0.6 is 0 Å². The lowest BCUT2D eigenvalue weighted by atomic mass is 9.85. The normalized spacial score (nSPS) is 24.2. The van der Waals surface area contributed by atoms with Crippen LogP contribution in [0, 0.1) is 23.7 Å². The van der Waals surface area contributed by atoms with Crippen molar-refractivity contribution in [1.29, 1.82) is 0 Å². The van der Waals surface area contributed by atoms with Crippen LogP contribution in [0.1, 0.15) is 59.8 Å². The molecule has 2 aliphatic rings. The van der Waals surface area contributed by atoms with Crippen LogP contribution in [0.3, 0.4) is 0 Å². The van der Waals surface area contributed by atoms with Crippen molar-refractivity contribution >= 4 is 17.7 Å². The number of amides is 3. The molecule has 0 radical (unpaired) electrons. The minimum absolute atomic E-state index is 0.165.